The molecule has 0 rings (SSSR count). The van der Waals surface area contributed by atoms with Gasteiger partial charge in [-0.05, 0) is 12.8 Å². The average molecular weight is 216 g/mol. The minimum Gasteiger partial charge on any atom is -0.383 e. The maximum atomic E-state index is 11.7. The number of urea groups is 1. The predicted octanol–water partition coefficient (Wildman–Crippen LogP) is 1.85. The van der Waals surface area contributed by atoms with Crippen molar-refractivity contribution in [3.8, 4) is 0 Å². The van der Waals surface area contributed by atoms with Crippen molar-refractivity contribution in [3.05, 3.63) is 0 Å². The number of carbonyl (C=O) groups excluding carboxylic acids is 1. The van der Waals surface area contributed by atoms with Crippen LogP contribution in [0.4, 0.5) is 4.79 Å². The zero-order valence-electron chi connectivity index (χ0n) is 10.2. The Hall–Kier alpha value is -0.770. The Balaban J connectivity index is 3.81. The summed E-state index contributed by atoms with van der Waals surface area (Å²) >= 11 is 0. The number of methoxy groups -OCH3 is 1. The maximum absolute atomic E-state index is 11.7. The van der Waals surface area contributed by atoms with Crippen molar-refractivity contribution in [3.63, 3.8) is 0 Å². The number of nitrogens with one attached hydrogen (secondary N) is 1. The zero-order valence-corrected chi connectivity index (χ0v) is 10.2. The highest BCUT2D eigenvalue weighted by molar-refractivity contribution is 5.74. The van der Waals surface area contributed by atoms with E-state index in [9.17, 15) is 4.79 Å². The molecule has 0 aliphatic rings. The van der Waals surface area contributed by atoms with Crippen LogP contribution in [0.25, 0.3) is 0 Å². The number of ether oxygens (including phenoxy) is 1. The van der Waals surface area contributed by atoms with E-state index in [-0.39, 0.29) is 6.03 Å². The van der Waals surface area contributed by atoms with Gasteiger partial charge in [0.2, 0.25) is 0 Å². The molecule has 0 aromatic rings. The molecule has 0 saturated heterocycles. The maximum Gasteiger partial charge on any atom is 0.317 e. The second kappa shape index (κ2) is 9.77. The standard InChI is InChI=1S/C11H24N2O2/c1-4-6-7-12-11(14)13(8-5-2)9-10-15-3/h4-10H2,1-3H3,(H,12,14). The third kappa shape index (κ3) is 7.19. The van der Waals surface area contributed by atoms with E-state index >= 15 is 0 Å². The molecular formula is C11H24N2O2. The van der Waals surface area contributed by atoms with Crippen LogP contribution in [-0.2, 0) is 4.74 Å². The van der Waals surface area contributed by atoms with E-state index in [0.29, 0.717) is 13.2 Å². The van der Waals surface area contributed by atoms with Crippen molar-refractivity contribution in [1.82, 2.24) is 10.2 Å². The van der Waals surface area contributed by atoms with E-state index in [1.807, 2.05) is 0 Å². The number of hydrogen-bond donors (Lipinski definition) is 1. The molecule has 0 aliphatic heterocycles. The first-order valence-electron chi connectivity index (χ1n) is 5.77. The van der Waals surface area contributed by atoms with Gasteiger partial charge in [0, 0.05) is 26.7 Å². The van der Waals surface area contributed by atoms with Crippen LogP contribution in [0.15, 0.2) is 0 Å². The summed E-state index contributed by atoms with van der Waals surface area (Å²) in [5.41, 5.74) is 0. The largest absolute Gasteiger partial charge is 0.383 e. The van der Waals surface area contributed by atoms with E-state index in [4.69, 9.17) is 4.74 Å². The Labute approximate surface area is 93.0 Å². The monoisotopic (exact) mass is 216 g/mol. The van der Waals surface area contributed by atoms with E-state index < -0.39 is 0 Å². The summed E-state index contributed by atoms with van der Waals surface area (Å²) in [6, 6.07) is 0.0300. The number of amides is 2. The number of hydrogen-bond acceptors (Lipinski definition) is 2. The van der Waals surface area contributed by atoms with Gasteiger partial charge in [-0.1, -0.05) is 20.3 Å². The molecule has 0 atom stereocenters. The molecule has 15 heavy (non-hydrogen) atoms. The van der Waals surface area contributed by atoms with Gasteiger partial charge in [0.15, 0.2) is 0 Å². The highest BCUT2D eigenvalue weighted by Gasteiger charge is 2.10. The highest BCUT2D eigenvalue weighted by Crippen LogP contribution is 1.93. The Kier molecular flexibility index (Phi) is 9.27. The van der Waals surface area contributed by atoms with Crippen LogP contribution in [-0.4, -0.2) is 44.3 Å². The van der Waals surface area contributed by atoms with Gasteiger partial charge in [-0.2, -0.15) is 0 Å². The van der Waals surface area contributed by atoms with Gasteiger partial charge in [-0.15, -0.1) is 0 Å². The van der Waals surface area contributed by atoms with E-state index in [2.05, 4.69) is 19.2 Å². The number of nitrogens with zero attached hydrogens (tertiary/aromatic N) is 1. The molecular weight excluding hydrogens is 192 g/mol. The molecule has 0 spiro atoms. The second-order valence-electron chi connectivity index (χ2n) is 3.57. The lowest BCUT2D eigenvalue weighted by molar-refractivity contribution is 0.149. The fraction of sp³-hybridized carbons (Fsp3) is 0.909. The Morgan fingerprint density at radius 1 is 1.27 bits per heavy atom. The lowest BCUT2D eigenvalue weighted by Gasteiger charge is -2.22. The first kappa shape index (κ1) is 14.2. The molecule has 0 saturated carbocycles. The third-order valence-corrected chi connectivity index (χ3v) is 2.15. The highest BCUT2D eigenvalue weighted by atomic mass is 16.5. The molecule has 0 radical (unpaired) electrons. The van der Waals surface area contributed by atoms with Gasteiger partial charge in [0.25, 0.3) is 0 Å². The van der Waals surface area contributed by atoms with Gasteiger partial charge in [-0.3, -0.25) is 0 Å². The van der Waals surface area contributed by atoms with Crippen molar-refractivity contribution < 1.29 is 9.53 Å². The zero-order chi connectivity index (χ0) is 11.5. The third-order valence-electron chi connectivity index (χ3n) is 2.15. The number of carbonyl (C=O) groups is 1. The Morgan fingerprint density at radius 2 is 2.00 bits per heavy atom. The summed E-state index contributed by atoms with van der Waals surface area (Å²) in [4.78, 5) is 13.5. The van der Waals surface area contributed by atoms with Crippen molar-refractivity contribution in [2.24, 2.45) is 0 Å². The van der Waals surface area contributed by atoms with Gasteiger partial charge >= 0.3 is 6.03 Å². The quantitative estimate of drug-likeness (QED) is 0.629. The summed E-state index contributed by atoms with van der Waals surface area (Å²) in [5.74, 6) is 0. The molecule has 0 heterocycles. The number of unbranched alkanes of at least 4 members (excludes halogenated alkanes) is 1. The molecule has 2 amide bonds. The first-order chi connectivity index (χ1) is 7.26. The van der Waals surface area contributed by atoms with Crippen LogP contribution in [0.5, 0.6) is 0 Å². The molecule has 1 N–H and O–H groups in total. The van der Waals surface area contributed by atoms with Crippen LogP contribution in [0.3, 0.4) is 0 Å². The van der Waals surface area contributed by atoms with Crippen LogP contribution in [0, 0.1) is 0 Å². The smallest absolute Gasteiger partial charge is 0.317 e. The van der Waals surface area contributed by atoms with Gasteiger partial charge in [0.1, 0.15) is 0 Å². The molecule has 0 aromatic carbocycles. The molecule has 4 nitrogen and oxygen atoms in total. The molecule has 0 aromatic heterocycles. The molecule has 4 heteroatoms. The van der Waals surface area contributed by atoms with Crippen molar-refractivity contribution >= 4 is 6.03 Å². The van der Waals surface area contributed by atoms with Crippen molar-refractivity contribution in [1.29, 1.82) is 0 Å². The summed E-state index contributed by atoms with van der Waals surface area (Å²) in [7, 11) is 1.65. The first-order valence-corrected chi connectivity index (χ1v) is 5.77. The van der Waals surface area contributed by atoms with Gasteiger partial charge in [0.05, 0.1) is 6.61 Å². The minimum absolute atomic E-state index is 0.0300. The summed E-state index contributed by atoms with van der Waals surface area (Å²) in [6.07, 6.45) is 3.12. The van der Waals surface area contributed by atoms with Gasteiger partial charge in [-0.25, -0.2) is 4.79 Å². The minimum atomic E-state index is 0.0300. The Morgan fingerprint density at radius 3 is 2.53 bits per heavy atom. The van der Waals surface area contributed by atoms with Crippen LogP contribution in [0.2, 0.25) is 0 Å². The normalized spacial score (nSPS) is 10.1. The van der Waals surface area contributed by atoms with Crippen molar-refractivity contribution in [2.75, 3.05) is 33.4 Å². The van der Waals surface area contributed by atoms with E-state index in [1.165, 1.54) is 0 Å². The SMILES string of the molecule is CCCCNC(=O)N(CCC)CCOC. The second-order valence-corrected chi connectivity index (χ2v) is 3.57. The van der Waals surface area contributed by atoms with Crippen LogP contribution in [0.1, 0.15) is 33.1 Å². The summed E-state index contributed by atoms with van der Waals surface area (Å²) in [5, 5.41) is 2.91. The fourth-order valence-corrected chi connectivity index (χ4v) is 1.27. The van der Waals surface area contributed by atoms with Crippen LogP contribution < -0.4 is 5.32 Å². The lowest BCUT2D eigenvalue weighted by Crippen LogP contribution is -2.42. The van der Waals surface area contributed by atoms with E-state index in [0.717, 1.165) is 32.4 Å². The fourth-order valence-electron chi connectivity index (χ4n) is 1.27. The summed E-state index contributed by atoms with van der Waals surface area (Å²) < 4.78 is 4.97. The van der Waals surface area contributed by atoms with E-state index in [1.54, 1.807) is 12.0 Å². The molecule has 0 fully saturated rings. The Bertz CT molecular complexity index is 163. The van der Waals surface area contributed by atoms with Crippen molar-refractivity contribution in [2.45, 2.75) is 33.1 Å². The average Bonchev–Trinajstić information content (AvgIpc) is 2.24. The predicted molar refractivity (Wildman–Crippen MR) is 62.0 cm³/mol. The molecule has 0 bridgehead atoms. The lowest BCUT2D eigenvalue weighted by atomic mass is 10.3. The molecule has 0 aliphatic carbocycles. The molecule has 0 unspecified atom stereocenters. The summed E-state index contributed by atoms with van der Waals surface area (Å²) in [6.45, 7) is 7.01. The van der Waals surface area contributed by atoms with Crippen LogP contribution >= 0.6 is 0 Å². The number of rotatable bonds is 8. The van der Waals surface area contributed by atoms with Gasteiger partial charge < -0.3 is 15.0 Å². The topological polar surface area (TPSA) is 41.6 Å². The molecule has 90 valence electrons.